The van der Waals surface area contributed by atoms with E-state index in [-0.39, 0.29) is 4.88 Å². The number of aromatic carboxylic acids is 1. The fourth-order valence-electron chi connectivity index (χ4n) is 0.556. The summed E-state index contributed by atoms with van der Waals surface area (Å²) in [4.78, 5) is 14.5. The van der Waals surface area contributed by atoms with Gasteiger partial charge in [0.1, 0.15) is 4.88 Å². The van der Waals surface area contributed by atoms with Crippen LogP contribution in [0.15, 0.2) is 5.51 Å². The van der Waals surface area contributed by atoms with Gasteiger partial charge < -0.3 is 5.11 Å². The molecule has 0 saturated heterocycles. The van der Waals surface area contributed by atoms with Gasteiger partial charge in [-0.25, -0.2) is 9.78 Å². The van der Waals surface area contributed by atoms with E-state index in [1.165, 1.54) is 5.51 Å². The van der Waals surface area contributed by atoms with Crippen molar-refractivity contribution in [3.05, 3.63) is 16.1 Å². The van der Waals surface area contributed by atoms with Crippen LogP contribution in [0.1, 0.15) is 15.4 Å². The van der Waals surface area contributed by atoms with Crippen LogP contribution in [0.5, 0.6) is 0 Å². The van der Waals surface area contributed by atoms with Gasteiger partial charge in [0.2, 0.25) is 0 Å². The minimum absolute atomic E-state index is 0.287. The van der Waals surface area contributed by atoms with Gasteiger partial charge in [0.25, 0.3) is 0 Å². The Bertz CT molecular complexity index is 246. The van der Waals surface area contributed by atoms with E-state index in [1.54, 1.807) is 0 Å². The highest BCUT2D eigenvalue weighted by Gasteiger charge is 2.10. The van der Waals surface area contributed by atoms with Gasteiger partial charge in [-0.1, -0.05) is 0 Å². The van der Waals surface area contributed by atoms with Crippen LogP contribution in [-0.4, -0.2) is 16.1 Å². The van der Waals surface area contributed by atoms with E-state index in [0.717, 1.165) is 11.3 Å². The molecule has 5 heteroatoms. The Labute approximate surface area is 67.1 Å². The van der Waals surface area contributed by atoms with Crippen LogP contribution in [0, 0.1) is 0 Å². The molecule has 3 nitrogen and oxygen atoms in total. The molecule has 0 bridgehead atoms. The molecule has 1 heterocycles. The molecule has 0 saturated carbocycles. The summed E-state index contributed by atoms with van der Waals surface area (Å²) in [5, 5.41) is 8.52. The largest absolute Gasteiger partial charge is 0.477 e. The van der Waals surface area contributed by atoms with E-state index < -0.39 is 5.97 Å². The Balaban J connectivity index is 3.01. The normalized spacial score (nSPS) is 9.70. The van der Waals surface area contributed by atoms with Crippen LogP contribution in [0.25, 0.3) is 0 Å². The lowest BCUT2D eigenvalue weighted by Gasteiger charge is -1.89. The lowest BCUT2D eigenvalue weighted by Crippen LogP contribution is -1.96. The molecule has 0 amide bonds. The van der Waals surface area contributed by atoms with E-state index in [2.05, 4.69) is 17.6 Å². The average Bonchev–Trinajstić information content (AvgIpc) is 2.33. The zero-order chi connectivity index (χ0) is 7.56. The molecule has 54 valence electrons. The maximum atomic E-state index is 10.4. The topological polar surface area (TPSA) is 50.2 Å². The van der Waals surface area contributed by atoms with Gasteiger partial charge in [-0.2, -0.15) is 12.6 Å². The van der Waals surface area contributed by atoms with Crippen molar-refractivity contribution in [1.29, 1.82) is 0 Å². The molecule has 0 aliphatic rings. The van der Waals surface area contributed by atoms with Gasteiger partial charge in [0.05, 0.1) is 11.2 Å². The van der Waals surface area contributed by atoms with Gasteiger partial charge in [0.15, 0.2) is 0 Å². The Morgan fingerprint density at radius 3 is 3.00 bits per heavy atom. The van der Waals surface area contributed by atoms with E-state index in [9.17, 15) is 4.79 Å². The summed E-state index contributed by atoms with van der Waals surface area (Å²) in [7, 11) is 0. The maximum Gasteiger partial charge on any atom is 0.347 e. The van der Waals surface area contributed by atoms with Gasteiger partial charge in [-0.15, -0.1) is 11.3 Å². The van der Waals surface area contributed by atoms with Crippen LogP contribution < -0.4 is 0 Å². The second-order valence-corrected chi connectivity index (χ2v) is 2.76. The molecule has 0 aromatic carbocycles. The standard InChI is InChI=1S/C5H5NO2S2/c7-5(8)4-3(1-9)6-2-10-4/h2,9H,1H2,(H,7,8). The number of carboxylic acid groups (broad SMARTS) is 1. The molecule has 10 heavy (non-hydrogen) atoms. The number of carbonyl (C=O) groups is 1. The Hall–Kier alpha value is -0.550. The first kappa shape index (κ1) is 7.56. The molecule has 0 radical (unpaired) electrons. The van der Waals surface area contributed by atoms with Gasteiger partial charge in [-0.3, -0.25) is 0 Å². The van der Waals surface area contributed by atoms with Crippen molar-refractivity contribution >= 4 is 29.9 Å². The first-order valence-corrected chi connectivity index (χ1v) is 4.03. The van der Waals surface area contributed by atoms with Crippen molar-refractivity contribution in [3.63, 3.8) is 0 Å². The molecule has 1 N–H and O–H groups in total. The quantitative estimate of drug-likeness (QED) is 0.665. The average molecular weight is 175 g/mol. The van der Waals surface area contributed by atoms with E-state index >= 15 is 0 Å². The summed E-state index contributed by atoms with van der Waals surface area (Å²) < 4.78 is 0. The lowest BCUT2D eigenvalue weighted by atomic mass is 10.4. The van der Waals surface area contributed by atoms with E-state index in [0.29, 0.717) is 11.4 Å². The van der Waals surface area contributed by atoms with Crippen LogP contribution in [0.4, 0.5) is 0 Å². The van der Waals surface area contributed by atoms with Gasteiger partial charge in [0, 0.05) is 5.75 Å². The Morgan fingerprint density at radius 1 is 1.90 bits per heavy atom. The molecular formula is C5H5NO2S2. The molecule has 0 spiro atoms. The number of nitrogens with zero attached hydrogens (tertiary/aromatic N) is 1. The number of carboxylic acids is 1. The molecule has 0 atom stereocenters. The fraction of sp³-hybridized carbons (Fsp3) is 0.200. The minimum Gasteiger partial charge on any atom is -0.477 e. The molecule has 0 unspecified atom stereocenters. The summed E-state index contributed by atoms with van der Waals surface area (Å²) in [6.07, 6.45) is 0. The van der Waals surface area contributed by atoms with Gasteiger partial charge >= 0.3 is 5.97 Å². The highest BCUT2D eigenvalue weighted by molar-refractivity contribution is 7.79. The predicted octanol–water partition coefficient (Wildman–Crippen LogP) is 1.27. The van der Waals surface area contributed by atoms with Crippen LogP contribution >= 0.6 is 24.0 Å². The van der Waals surface area contributed by atoms with Gasteiger partial charge in [-0.05, 0) is 0 Å². The Morgan fingerprint density at radius 2 is 2.60 bits per heavy atom. The molecule has 1 rings (SSSR count). The molecule has 1 aromatic heterocycles. The van der Waals surface area contributed by atoms with E-state index in [1.807, 2.05) is 0 Å². The van der Waals surface area contributed by atoms with Crippen LogP contribution in [0.3, 0.4) is 0 Å². The predicted molar refractivity (Wildman–Crippen MR) is 41.8 cm³/mol. The van der Waals surface area contributed by atoms with Crippen molar-refractivity contribution < 1.29 is 9.90 Å². The second-order valence-electron chi connectivity index (χ2n) is 1.59. The highest BCUT2D eigenvalue weighted by atomic mass is 32.1. The third kappa shape index (κ3) is 1.30. The fourth-order valence-corrected chi connectivity index (χ4v) is 1.55. The molecule has 0 aliphatic carbocycles. The zero-order valence-electron chi connectivity index (χ0n) is 4.94. The molecule has 1 aromatic rings. The molecular weight excluding hydrogens is 170 g/mol. The first-order valence-electron chi connectivity index (χ1n) is 2.52. The van der Waals surface area contributed by atoms with Crippen molar-refractivity contribution in [2.45, 2.75) is 5.75 Å². The highest BCUT2D eigenvalue weighted by Crippen LogP contribution is 2.14. The second kappa shape index (κ2) is 3.03. The number of thiazole rings is 1. The first-order chi connectivity index (χ1) is 4.75. The number of rotatable bonds is 2. The van der Waals surface area contributed by atoms with Crippen molar-refractivity contribution in [3.8, 4) is 0 Å². The van der Waals surface area contributed by atoms with Crippen molar-refractivity contribution in [2.75, 3.05) is 0 Å². The van der Waals surface area contributed by atoms with Crippen LogP contribution in [0.2, 0.25) is 0 Å². The minimum atomic E-state index is -0.924. The molecule has 0 aliphatic heterocycles. The summed E-state index contributed by atoms with van der Waals surface area (Å²) in [5.74, 6) is -0.544. The zero-order valence-corrected chi connectivity index (χ0v) is 6.65. The van der Waals surface area contributed by atoms with E-state index in [4.69, 9.17) is 5.11 Å². The number of hydrogen-bond donors (Lipinski definition) is 2. The summed E-state index contributed by atoms with van der Waals surface area (Å²) >= 11 is 5.04. The summed E-state index contributed by atoms with van der Waals surface area (Å²) in [6.45, 7) is 0. The number of hydrogen-bond acceptors (Lipinski definition) is 4. The van der Waals surface area contributed by atoms with Crippen molar-refractivity contribution in [2.24, 2.45) is 0 Å². The monoisotopic (exact) mass is 175 g/mol. The van der Waals surface area contributed by atoms with Crippen LogP contribution in [-0.2, 0) is 5.75 Å². The third-order valence-corrected chi connectivity index (χ3v) is 2.14. The summed E-state index contributed by atoms with van der Waals surface area (Å²) in [5.41, 5.74) is 2.05. The number of thiol groups is 1. The van der Waals surface area contributed by atoms with Crippen molar-refractivity contribution in [1.82, 2.24) is 4.98 Å². The maximum absolute atomic E-state index is 10.4. The molecule has 0 fully saturated rings. The third-order valence-electron chi connectivity index (χ3n) is 0.985. The lowest BCUT2D eigenvalue weighted by molar-refractivity contribution is 0.0701. The number of aromatic nitrogens is 1. The SMILES string of the molecule is O=C(O)c1scnc1CS. The Kier molecular flexibility index (Phi) is 2.29. The smallest absolute Gasteiger partial charge is 0.347 e. The summed E-state index contributed by atoms with van der Waals surface area (Å²) in [6, 6.07) is 0.